The maximum absolute atomic E-state index is 13.1. The first-order chi connectivity index (χ1) is 46.4. The van der Waals surface area contributed by atoms with Crippen LogP contribution in [0.25, 0.3) is 0 Å². The fourth-order valence-corrected chi connectivity index (χ4v) is 17.8. The third-order valence-electron chi connectivity index (χ3n) is 21.4. The first-order valence-electron chi connectivity index (χ1n) is 34.7. The fourth-order valence-electron chi connectivity index (χ4n) is 15.9. The van der Waals surface area contributed by atoms with Crippen LogP contribution in [0, 0.1) is 43.4 Å². The highest BCUT2D eigenvalue weighted by Gasteiger charge is 2.41. The Kier molecular flexibility index (Phi) is 25.0. The predicted molar refractivity (Wildman–Crippen MR) is 402 cm³/mol. The van der Waals surface area contributed by atoms with Crippen molar-refractivity contribution >= 4 is 119 Å². The molecule has 10 aliphatic rings. The number of likely N-dealkylation sites (N-methyl/N-ethyl adjacent to an activating group) is 2. The van der Waals surface area contributed by atoms with Gasteiger partial charge in [-0.3, -0.25) is 38.7 Å². The Morgan fingerprint density at radius 2 is 0.804 bits per heavy atom. The van der Waals surface area contributed by atoms with Gasteiger partial charge in [0.15, 0.2) is 0 Å². The molecule has 10 N–H and O–H groups in total. The summed E-state index contributed by atoms with van der Waals surface area (Å²) in [6, 6.07) is 0.495. The number of halogens is 3. The largest absolute Gasteiger partial charge is 0.396 e. The van der Waals surface area contributed by atoms with Crippen LogP contribution in [0.1, 0.15) is 75.3 Å². The van der Waals surface area contributed by atoms with Crippen molar-refractivity contribution < 1.29 is 13.8 Å². The highest BCUT2D eigenvalue weighted by molar-refractivity contribution is 8.00. The third kappa shape index (κ3) is 18.3. The lowest BCUT2D eigenvalue weighted by molar-refractivity contribution is -0.139. The van der Waals surface area contributed by atoms with Crippen molar-refractivity contribution in [3.05, 3.63) is 88.2 Å². The van der Waals surface area contributed by atoms with E-state index in [4.69, 9.17) is 63.5 Å². The minimum atomic E-state index is -2.01. The minimum Gasteiger partial charge on any atom is -0.396 e. The van der Waals surface area contributed by atoms with E-state index in [-0.39, 0.29) is 17.1 Å². The molecule has 1 saturated carbocycles. The van der Waals surface area contributed by atoms with Crippen molar-refractivity contribution in [1.29, 1.82) is 0 Å². The summed E-state index contributed by atoms with van der Waals surface area (Å²) >= 11 is 18.6. The second kappa shape index (κ2) is 33.1. The van der Waals surface area contributed by atoms with Crippen LogP contribution in [0.5, 0.6) is 0 Å². The molecule has 1 aliphatic carbocycles. The number of hydrogen-bond donors (Lipinski definition) is 5. The average molecular weight is 1410 g/mol. The molecule has 4 atom stereocenters. The summed E-state index contributed by atoms with van der Waals surface area (Å²) in [5.74, 6) is 7.20. The van der Waals surface area contributed by atoms with Crippen LogP contribution in [0.4, 0.5) is 56.9 Å². The fraction of sp³-hybridized carbons (Fsp3) is 0.600. The molecule has 5 aromatic rings. The SMILES string of the molecule is C=S(C)(=O)C1CCN(c2c(N)cncc2Cl)C1.CN1CCN(C(=O)C2CCN(c3c(N)cncc3Cl)CC2)CC1.Cc1cncc(N)c1N1CC2CN(C)CC2C1.Cc1cncc(N)c1N1CCN(C)CC1.Nc1cncc(Cl)c1N1CCC(C(=O)N2CCC3CCC2CC3)CC1. The van der Waals surface area contributed by atoms with E-state index in [0.717, 1.165) is 189 Å². The Bertz CT molecular complexity index is 3460. The van der Waals surface area contributed by atoms with E-state index in [0.29, 0.717) is 56.5 Å². The molecule has 0 aromatic carbocycles. The van der Waals surface area contributed by atoms with Crippen molar-refractivity contribution in [2.45, 2.75) is 89.3 Å². The molecule has 2 amide bonds. The van der Waals surface area contributed by atoms with Gasteiger partial charge in [-0.25, -0.2) is 0 Å². The van der Waals surface area contributed by atoms with Crippen LogP contribution in [0.3, 0.4) is 0 Å². The number of carbonyl (C=O) groups is 2. The number of nitrogen functional groups attached to an aromatic ring is 5. The molecule has 5 aromatic heterocycles. The standard InChI is InChI=1S/C19H27ClN4O.C16H24ClN5O.C13H20N4.C11H16ClN3OS.C11H18N4/c20-16-11-22-12-17(21)18(16)23-8-6-14(7-9-23)19(25)24-10-5-13-1-3-15(24)4-2-13;1-20-6-8-22(9-7-20)16(23)12-2-4-21(5-3-12)15-13(17)10-19-11-14(15)18;1-9-3-15-4-12(14)13(9)17-7-10-5-16(2)6-11(10)8-17;1-17(2,16)8-3-4-15(7-8)11-9(12)5-14-6-10(11)13;1-9-7-13-8-10(12)11(9)15-5-3-14(2)4-6-15/h11-15H,1-10,21H2;10-12H,2-9,18H2,1H3;3-4,10-11H,5-8,14H2,1-2H3;5-6,8H,1,3-4,7,13H2,2H3;7-8H,3-6,12H2,1-2H3. The lowest BCUT2D eigenvalue weighted by Gasteiger charge is -2.38. The normalized spacial score (nSPS) is 24.0. The number of carbonyl (C=O) groups excluding carboxylic acids is 2. The molecular weight excluding hydrogens is 1310 g/mol. The van der Waals surface area contributed by atoms with Crippen LogP contribution in [0.15, 0.2) is 62.0 Å². The molecular formula is C70H105Cl3N20O3S. The maximum Gasteiger partial charge on any atom is 0.226 e. The molecule has 0 spiro atoms. The van der Waals surface area contributed by atoms with Crippen LogP contribution in [0.2, 0.25) is 15.1 Å². The Hall–Kier alpha value is -6.54. The van der Waals surface area contributed by atoms with Gasteiger partial charge in [0.1, 0.15) is 0 Å². The summed E-state index contributed by atoms with van der Waals surface area (Å²) < 4.78 is 11.9. The summed E-state index contributed by atoms with van der Waals surface area (Å²) in [6.07, 6.45) is 29.2. The first kappa shape index (κ1) is 73.2. The van der Waals surface area contributed by atoms with E-state index in [2.05, 4.69) is 110 Å². The number of aryl methyl sites for hydroxylation is 2. The van der Waals surface area contributed by atoms with Gasteiger partial charge in [0, 0.05) is 185 Å². The number of amides is 2. The summed E-state index contributed by atoms with van der Waals surface area (Å²) in [5, 5.41) is 1.81. The maximum atomic E-state index is 13.1. The zero-order valence-corrected chi connectivity index (χ0v) is 61.0. The van der Waals surface area contributed by atoms with E-state index < -0.39 is 9.52 Å². The number of anilines is 10. The number of rotatable bonds is 8. The number of aromatic nitrogens is 5. The average Bonchev–Trinajstić information content (AvgIpc) is 1.72. The second-order valence-electron chi connectivity index (χ2n) is 28.5. The number of nitrogens with zero attached hydrogens (tertiary/aromatic N) is 15. The molecule has 15 rings (SSSR count). The van der Waals surface area contributed by atoms with Crippen molar-refractivity contribution in [2.24, 2.45) is 29.6 Å². The monoisotopic (exact) mass is 1410 g/mol. The molecule has 27 heteroatoms. The zero-order valence-electron chi connectivity index (χ0n) is 57.9. The molecule has 9 saturated heterocycles. The highest BCUT2D eigenvalue weighted by atomic mass is 35.5. The molecule has 0 radical (unpaired) electrons. The summed E-state index contributed by atoms with van der Waals surface area (Å²) in [7, 11) is 4.46. The Balaban J connectivity index is 0.000000133. The lowest BCUT2D eigenvalue weighted by Crippen LogP contribution is -2.50. The summed E-state index contributed by atoms with van der Waals surface area (Å²) in [6.45, 7) is 22.5. The quantitative estimate of drug-likeness (QED) is 0.0937. The van der Waals surface area contributed by atoms with E-state index in [9.17, 15) is 13.8 Å². The topological polar surface area (TPSA) is 278 Å². The van der Waals surface area contributed by atoms with Gasteiger partial charge >= 0.3 is 0 Å². The molecule has 9 aliphatic heterocycles. The molecule has 10 fully saturated rings. The van der Waals surface area contributed by atoms with Crippen molar-refractivity contribution in [3.8, 4) is 0 Å². The first-order valence-corrected chi connectivity index (χ1v) is 38.0. The summed E-state index contributed by atoms with van der Waals surface area (Å²) in [4.78, 5) is 68.5. The minimum absolute atomic E-state index is 0.103. The number of nitrogens with two attached hydrogens (primary N) is 5. The molecule has 23 nitrogen and oxygen atoms in total. The van der Waals surface area contributed by atoms with Gasteiger partial charge in [-0.05, 0) is 143 Å². The smallest absolute Gasteiger partial charge is 0.226 e. The van der Waals surface area contributed by atoms with Crippen LogP contribution < -0.4 is 53.2 Å². The van der Waals surface area contributed by atoms with Crippen LogP contribution in [-0.4, -0.2) is 234 Å². The number of piperidine rings is 2. The van der Waals surface area contributed by atoms with E-state index in [1.54, 1.807) is 55.8 Å². The van der Waals surface area contributed by atoms with Crippen molar-refractivity contribution in [2.75, 3.05) is 205 Å². The molecule has 530 valence electrons. The van der Waals surface area contributed by atoms with Gasteiger partial charge in [-0.2, -0.15) is 0 Å². The predicted octanol–water partition coefficient (Wildman–Crippen LogP) is 7.57. The van der Waals surface area contributed by atoms with Gasteiger partial charge in [0.25, 0.3) is 0 Å². The third-order valence-corrected chi connectivity index (χ3v) is 24.0. The van der Waals surface area contributed by atoms with Gasteiger partial charge in [0.2, 0.25) is 11.8 Å². The number of fused-ring (bicyclic) bond motifs is 5. The number of hydrogen-bond acceptors (Lipinski definition) is 21. The van der Waals surface area contributed by atoms with Gasteiger partial charge < -0.3 is 77.7 Å². The van der Waals surface area contributed by atoms with Gasteiger partial charge in [-0.1, -0.05) is 34.8 Å². The van der Waals surface area contributed by atoms with E-state index >= 15 is 0 Å². The second-order valence-corrected chi connectivity index (χ2v) is 32.5. The Labute approximate surface area is 590 Å². The zero-order chi connectivity index (χ0) is 69.2. The van der Waals surface area contributed by atoms with Crippen molar-refractivity contribution in [3.63, 3.8) is 0 Å². The lowest BCUT2D eigenvalue weighted by atomic mass is 9.86. The van der Waals surface area contributed by atoms with Gasteiger partial charge in [-0.15, -0.1) is 0 Å². The van der Waals surface area contributed by atoms with E-state index in [1.807, 2.05) is 17.3 Å². The molecule has 97 heavy (non-hydrogen) atoms. The van der Waals surface area contributed by atoms with Crippen LogP contribution >= 0.6 is 34.8 Å². The number of likely N-dealkylation sites (tertiary alicyclic amines) is 1. The molecule has 2 bridgehead atoms. The Morgan fingerprint density at radius 3 is 1.23 bits per heavy atom. The van der Waals surface area contributed by atoms with Crippen LogP contribution in [-0.2, 0) is 19.1 Å². The van der Waals surface area contributed by atoms with Gasteiger partial charge in [0.05, 0.1) is 103 Å². The van der Waals surface area contributed by atoms with E-state index in [1.165, 1.54) is 62.0 Å². The molecule has 4 unspecified atom stereocenters. The number of pyridine rings is 5. The number of piperazine rings is 2. The summed E-state index contributed by atoms with van der Waals surface area (Å²) in [5.41, 5.74) is 40.6. The Morgan fingerprint density at radius 1 is 0.423 bits per heavy atom. The molecule has 14 heterocycles. The highest BCUT2D eigenvalue weighted by Crippen LogP contribution is 2.41. The van der Waals surface area contributed by atoms with Crippen molar-refractivity contribution in [1.82, 2.24) is 49.4 Å².